The SMILES string of the molecule is O=C(OCc1ccccc1)[C@@]12CCC[C@@H](CN1)C2. The summed E-state index contributed by atoms with van der Waals surface area (Å²) >= 11 is 0. The zero-order chi connectivity index (χ0) is 12.4. The Balaban J connectivity index is 1.62. The first kappa shape index (κ1) is 11.7. The van der Waals surface area contributed by atoms with E-state index in [1.54, 1.807) is 0 Å². The van der Waals surface area contributed by atoms with E-state index in [2.05, 4.69) is 5.32 Å². The van der Waals surface area contributed by atoms with Gasteiger partial charge in [0.15, 0.2) is 0 Å². The van der Waals surface area contributed by atoms with Crippen molar-refractivity contribution in [2.24, 2.45) is 5.92 Å². The highest BCUT2D eigenvalue weighted by Crippen LogP contribution is 2.38. The van der Waals surface area contributed by atoms with Crippen LogP contribution >= 0.6 is 0 Å². The number of carbonyl (C=O) groups is 1. The molecule has 0 unspecified atom stereocenters. The molecule has 0 radical (unpaired) electrons. The van der Waals surface area contributed by atoms with Crippen molar-refractivity contribution in [1.29, 1.82) is 0 Å². The van der Waals surface area contributed by atoms with Crippen LogP contribution in [-0.2, 0) is 16.1 Å². The van der Waals surface area contributed by atoms with Gasteiger partial charge in [0.25, 0.3) is 0 Å². The molecule has 0 spiro atoms. The molecule has 96 valence electrons. The van der Waals surface area contributed by atoms with E-state index >= 15 is 0 Å². The minimum atomic E-state index is -0.377. The molecule has 3 heteroatoms. The van der Waals surface area contributed by atoms with E-state index in [9.17, 15) is 4.79 Å². The van der Waals surface area contributed by atoms with Gasteiger partial charge in [0, 0.05) is 0 Å². The molecular weight excluding hydrogens is 226 g/mol. The van der Waals surface area contributed by atoms with Gasteiger partial charge in [-0.15, -0.1) is 0 Å². The number of carbonyl (C=O) groups excluding carboxylic acids is 1. The summed E-state index contributed by atoms with van der Waals surface area (Å²) in [5.41, 5.74) is 0.671. The Hall–Kier alpha value is -1.35. The van der Waals surface area contributed by atoms with Gasteiger partial charge >= 0.3 is 5.97 Å². The summed E-state index contributed by atoms with van der Waals surface area (Å²) < 4.78 is 5.49. The van der Waals surface area contributed by atoms with Crippen LogP contribution in [0, 0.1) is 5.92 Å². The van der Waals surface area contributed by atoms with E-state index in [1.165, 1.54) is 6.42 Å². The van der Waals surface area contributed by atoms with Crippen molar-refractivity contribution < 1.29 is 9.53 Å². The summed E-state index contributed by atoms with van der Waals surface area (Å²) in [5.74, 6) is 0.608. The van der Waals surface area contributed by atoms with Crippen molar-refractivity contribution in [1.82, 2.24) is 5.32 Å². The molecule has 1 aromatic rings. The lowest BCUT2D eigenvalue weighted by Crippen LogP contribution is -2.49. The van der Waals surface area contributed by atoms with E-state index in [0.717, 1.165) is 31.4 Å². The predicted molar refractivity (Wildman–Crippen MR) is 68.9 cm³/mol. The largest absolute Gasteiger partial charge is 0.459 e. The Morgan fingerprint density at radius 1 is 1.39 bits per heavy atom. The Kier molecular flexibility index (Phi) is 3.08. The molecule has 2 bridgehead atoms. The summed E-state index contributed by atoms with van der Waals surface area (Å²) in [5, 5.41) is 3.39. The van der Waals surface area contributed by atoms with Gasteiger partial charge < -0.3 is 10.1 Å². The lowest BCUT2D eigenvalue weighted by molar-refractivity contribution is -0.153. The number of hydrogen-bond donors (Lipinski definition) is 1. The topological polar surface area (TPSA) is 38.3 Å². The van der Waals surface area contributed by atoms with Gasteiger partial charge in [0.2, 0.25) is 0 Å². The lowest BCUT2D eigenvalue weighted by Gasteiger charge is -2.30. The predicted octanol–water partition coefficient (Wildman–Crippen LogP) is 2.26. The molecule has 0 aromatic heterocycles. The van der Waals surface area contributed by atoms with E-state index < -0.39 is 0 Å². The quantitative estimate of drug-likeness (QED) is 0.830. The molecule has 0 amide bonds. The zero-order valence-corrected chi connectivity index (χ0v) is 10.5. The van der Waals surface area contributed by atoms with Gasteiger partial charge in [-0.25, -0.2) is 0 Å². The number of hydrogen-bond acceptors (Lipinski definition) is 3. The fourth-order valence-corrected chi connectivity index (χ4v) is 3.18. The maximum absolute atomic E-state index is 12.3. The average Bonchev–Trinajstić information content (AvgIpc) is 2.73. The van der Waals surface area contributed by atoms with Crippen molar-refractivity contribution >= 4 is 5.97 Å². The summed E-state index contributed by atoms with van der Waals surface area (Å²) in [6.45, 7) is 1.36. The van der Waals surface area contributed by atoms with Crippen LogP contribution in [0.15, 0.2) is 30.3 Å². The number of nitrogens with one attached hydrogen (secondary N) is 1. The smallest absolute Gasteiger partial charge is 0.326 e. The van der Waals surface area contributed by atoms with Gasteiger partial charge in [0.05, 0.1) is 0 Å². The van der Waals surface area contributed by atoms with Crippen LogP contribution < -0.4 is 5.32 Å². The van der Waals surface area contributed by atoms with Crippen LogP contribution in [0.2, 0.25) is 0 Å². The van der Waals surface area contributed by atoms with E-state index in [0.29, 0.717) is 12.5 Å². The van der Waals surface area contributed by atoms with Crippen LogP contribution in [0.4, 0.5) is 0 Å². The summed E-state index contributed by atoms with van der Waals surface area (Å²) in [7, 11) is 0. The molecule has 2 atom stereocenters. The maximum Gasteiger partial charge on any atom is 0.326 e. The minimum Gasteiger partial charge on any atom is -0.459 e. The third-order valence-electron chi connectivity index (χ3n) is 4.19. The second-order valence-electron chi connectivity index (χ2n) is 5.49. The number of rotatable bonds is 3. The summed E-state index contributed by atoms with van der Waals surface area (Å²) in [6, 6.07) is 9.86. The van der Waals surface area contributed by atoms with Crippen molar-refractivity contribution in [2.45, 2.75) is 37.8 Å². The van der Waals surface area contributed by atoms with Gasteiger partial charge in [0.1, 0.15) is 12.1 Å². The van der Waals surface area contributed by atoms with Crippen LogP contribution in [0.5, 0.6) is 0 Å². The maximum atomic E-state index is 12.3. The third kappa shape index (κ3) is 2.15. The molecule has 3 rings (SSSR count). The highest BCUT2D eigenvalue weighted by molar-refractivity contribution is 5.81. The van der Waals surface area contributed by atoms with Crippen LogP contribution in [0.1, 0.15) is 31.2 Å². The van der Waals surface area contributed by atoms with Gasteiger partial charge in [-0.1, -0.05) is 36.8 Å². The minimum absolute atomic E-state index is 0.0615. The van der Waals surface area contributed by atoms with E-state index in [1.807, 2.05) is 30.3 Å². The van der Waals surface area contributed by atoms with Gasteiger partial charge in [-0.2, -0.15) is 0 Å². The van der Waals surface area contributed by atoms with Crippen LogP contribution in [-0.4, -0.2) is 18.1 Å². The molecule has 1 saturated heterocycles. The Morgan fingerprint density at radius 2 is 2.22 bits per heavy atom. The first-order valence-corrected chi connectivity index (χ1v) is 6.75. The monoisotopic (exact) mass is 245 g/mol. The van der Waals surface area contributed by atoms with Gasteiger partial charge in [-0.3, -0.25) is 4.79 Å². The molecule has 1 N–H and O–H groups in total. The highest BCUT2D eigenvalue weighted by Gasteiger charge is 2.48. The molecule has 3 nitrogen and oxygen atoms in total. The molecule has 18 heavy (non-hydrogen) atoms. The fraction of sp³-hybridized carbons (Fsp3) is 0.533. The van der Waals surface area contributed by atoms with Gasteiger partial charge in [-0.05, 0) is 37.3 Å². The second kappa shape index (κ2) is 4.73. The average molecular weight is 245 g/mol. The number of benzene rings is 1. The standard InChI is InChI=1S/C15H19NO2/c17-14(18-11-12-5-2-1-3-6-12)15-8-4-7-13(9-15)10-16-15/h1-3,5-6,13,16H,4,7-11H2/t13-,15+/m1/s1. The molecule has 2 fully saturated rings. The van der Waals surface area contributed by atoms with E-state index in [4.69, 9.17) is 4.74 Å². The van der Waals surface area contributed by atoms with Crippen molar-refractivity contribution in [2.75, 3.05) is 6.54 Å². The number of esters is 1. The summed E-state index contributed by atoms with van der Waals surface area (Å²) in [6.07, 6.45) is 4.27. The van der Waals surface area contributed by atoms with Crippen molar-refractivity contribution in [3.8, 4) is 0 Å². The normalized spacial score (nSPS) is 30.1. The third-order valence-corrected chi connectivity index (χ3v) is 4.19. The molecule has 2 aliphatic rings. The summed E-state index contributed by atoms with van der Waals surface area (Å²) in [4.78, 5) is 12.3. The van der Waals surface area contributed by atoms with Crippen molar-refractivity contribution in [3.63, 3.8) is 0 Å². The first-order chi connectivity index (χ1) is 8.78. The van der Waals surface area contributed by atoms with Crippen LogP contribution in [0.25, 0.3) is 0 Å². The number of fused-ring (bicyclic) bond motifs is 2. The van der Waals surface area contributed by atoms with Crippen molar-refractivity contribution in [3.05, 3.63) is 35.9 Å². The van der Waals surface area contributed by atoms with E-state index in [-0.39, 0.29) is 11.5 Å². The molecule has 1 aromatic carbocycles. The second-order valence-corrected chi connectivity index (χ2v) is 5.49. The highest BCUT2D eigenvalue weighted by atomic mass is 16.5. The zero-order valence-electron chi connectivity index (χ0n) is 10.5. The Morgan fingerprint density at radius 3 is 3.06 bits per heavy atom. The molecule has 1 saturated carbocycles. The molecular formula is C15H19NO2. The molecule has 1 heterocycles. The first-order valence-electron chi connectivity index (χ1n) is 6.75. The molecule has 1 aliphatic heterocycles. The molecule has 1 aliphatic carbocycles. The fourth-order valence-electron chi connectivity index (χ4n) is 3.18. The number of ether oxygens (including phenoxy) is 1. The Bertz CT molecular complexity index is 427. The lowest BCUT2D eigenvalue weighted by atomic mass is 9.80. The van der Waals surface area contributed by atoms with Crippen LogP contribution in [0.3, 0.4) is 0 Å². The Labute approximate surface area is 108 Å².